The van der Waals surface area contributed by atoms with E-state index in [0.29, 0.717) is 0 Å². The van der Waals surface area contributed by atoms with Crippen molar-refractivity contribution in [2.45, 2.75) is 32.6 Å². The van der Waals surface area contributed by atoms with Crippen molar-refractivity contribution in [3.8, 4) is 0 Å². The first-order valence-electron chi connectivity index (χ1n) is 18.5. The van der Waals surface area contributed by atoms with E-state index in [1.54, 1.807) is 0 Å². The molecular weight excluding hydrogens is 645 g/mol. The lowest BCUT2D eigenvalue weighted by atomic mass is 10.0. The van der Waals surface area contributed by atoms with Gasteiger partial charge in [-0.1, -0.05) is 133 Å². The second-order valence-electron chi connectivity index (χ2n) is 14.1. The minimum absolute atomic E-state index is 0.770. The van der Waals surface area contributed by atoms with Crippen molar-refractivity contribution in [3.63, 3.8) is 0 Å². The van der Waals surface area contributed by atoms with E-state index in [2.05, 4.69) is 202 Å². The topological polar surface area (TPSA) is 31.8 Å². The normalized spacial score (nSPS) is 13.7. The van der Waals surface area contributed by atoms with Crippen LogP contribution in [0.2, 0.25) is 0 Å². The SMILES string of the molecule is C1=C\c2ccc(cc2)C[n+]2ccc(c3ccccc32)NCc2ccc(cc2)Cc2ccc(cc2)CNc2cc[n+](c3ccccc23)Cc2ccc/1cc2. The van der Waals surface area contributed by atoms with Crippen molar-refractivity contribution < 1.29 is 9.13 Å². The number of pyridine rings is 2. The average molecular weight is 687 g/mol. The molecule has 0 atom stereocenters. The highest BCUT2D eigenvalue weighted by atomic mass is 15.0. The first kappa shape index (κ1) is 32.4. The van der Waals surface area contributed by atoms with Gasteiger partial charge in [0.15, 0.2) is 25.5 Å². The van der Waals surface area contributed by atoms with Gasteiger partial charge in [0.05, 0.1) is 22.1 Å². The Morgan fingerprint density at radius 2 is 0.736 bits per heavy atom. The first-order valence-corrected chi connectivity index (χ1v) is 18.5. The number of nitrogens with one attached hydrogen (secondary N) is 2. The third-order valence-electron chi connectivity index (χ3n) is 10.4. The highest BCUT2D eigenvalue weighted by Crippen LogP contribution is 2.24. The van der Waals surface area contributed by atoms with Gasteiger partial charge in [-0.2, -0.15) is 9.13 Å². The Bertz CT molecular complexity index is 2370. The molecule has 7 aliphatic rings. The number of fused-ring (bicyclic) bond motifs is 2. The molecule has 6 aromatic carbocycles. The second-order valence-corrected chi connectivity index (χ2v) is 14.1. The van der Waals surface area contributed by atoms with Crippen LogP contribution in [0.15, 0.2) is 170 Å². The maximum atomic E-state index is 3.72. The molecule has 2 aromatic heterocycles. The molecule has 4 heteroatoms. The van der Waals surface area contributed by atoms with Crippen LogP contribution < -0.4 is 19.8 Å². The molecule has 0 amide bonds. The van der Waals surface area contributed by atoms with Crippen LogP contribution >= 0.6 is 0 Å². The monoisotopic (exact) mass is 686 g/mol. The van der Waals surface area contributed by atoms with Gasteiger partial charge in [-0.15, -0.1) is 0 Å². The summed E-state index contributed by atoms with van der Waals surface area (Å²) in [6.07, 6.45) is 9.71. The summed E-state index contributed by atoms with van der Waals surface area (Å²) in [5, 5.41) is 9.88. The summed E-state index contributed by atoms with van der Waals surface area (Å²) in [7, 11) is 0. The lowest BCUT2D eigenvalue weighted by molar-refractivity contribution is -0.662. The molecule has 12 bridgehead atoms. The van der Waals surface area contributed by atoms with Crippen LogP contribution in [0.3, 0.4) is 0 Å². The molecule has 4 nitrogen and oxygen atoms in total. The predicted octanol–water partition coefficient (Wildman–Crippen LogP) is 9.96. The van der Waals surface area contributed by atoms with Gasteiger partial charge in [-0.3, -0.25) is 0 Å². The van der Waals surface area contributed by atoms with E-state index in [1.165, 1.54) is 66.3 Å². The quantitative estimate of drug-likeness (QED) is 0.156. The summed E-state index contributed by atoms with van der Waals surface area (Å²) >= 11 is 0. The third-order valence-corrected chi connectivity index (χ3v) is 10.4. The molecule has 0 spiro atoms. The summed E-state index contributed by atoms with van der Waals surface area (Å²) in [6, 6.07) is 57.6. The van der Waals surface area contributed by atoms with Gasteiger partial charge < -0.3 is 10.6 Å². The highest BCUT2D eigenvalue weighted by Gasteiger charge is 2.15. The Kier molecular flexibility index (Phi) is 8.93. The van der Waals surface area contributed by atoms with Gasteiger partial charge >= 0.3 is 0 Å². The Morgan fingerprint density at radius 3 is 1.17 bits per heavy atom. The number of hydrogen-bond acceptors (Lipinski definition) is 2. The molecule has 9 heterocycles. The first-order chi connectivity index (χ1) is 26.2. The average Bonchev–Trinajstić information content (AvgIpc) is 3.21. The molecule has 0 radical (unpaired) electrons. The minimum Gasteiger partial charge on any atom is -0.380 e. The predicted molar refractivity (Wildman–Crippen MR) is 219 cm³/mol. The van der Waals surface area contributed by atoms with E-state index < -0.39 is 0 Å². The Balaban J connectivity index is 1.02. The number of benzene rings is 6. The van der Waals surface area contributed by atoms with Crippen LogP contribution in [0.1, 0.15) is 44.5 Å². The third kappa shape index (κ3) is 7.31. The fourth-order valence-corrected chi connectivity index (χ4v) is 7.39. The van der Waals surface area contributed by atoms with Crippen LogP contribution in [-0.2, 0) is 32.6 Å². The molecule has 0 saturated carbocycles. The number of para-hydroxylation sites is 2. The summed E-state index contributed by atoms with van der Waals surface area (Å²) in [5.41, 5.74) is 14.8. The molecule has 0 fully saturated rings. The van der Waals surface area contributed by atoms with E-state index in [1.807, 2.05) is 0 Å². The molecule has 7 aliphatic heterocycles. The second kappa shape index (κ2) is 14.6. The van der Waals surface area contributed by atoms with E-state index in [4.69, 9.17) is 0 Å². The number of hydrogen-bond donors (Lipinski definition) is 2. The Morgan fingerprint density at radius 1 is 0.358 bits per heavy atom. The Labute approximate surface area is 311 Å². The van der Waals surface area contributed by atoms with Gasteiger partial charge in [-0.05, 0) is 51.9 Å². The van der Waals surface area contributed by atoms with Crippen LogP contribution in [0.25, 0.3) is 34.0 Å². The Hall–Kier alpha value is -6.52. The van der Waals surface area contributed by atoms with E-state index >= 15 is 0 Å². The molecule has 15 rings (SSSR count). The number of nitrogens with zero attached hydrogens (tertiary/aromatic N) is 2. The van der Waals surface area contributed by atoms with Crippen LogP contribution in [0.5, 0.6) is 0 Å². The maximum Gasteiger partial charge on any atom is 0.214 e. The van der Waals surface area contributed by atoms with Crippen molar-refractivity contribution in [3.05, 3.63) is 215 Å². The number of anilines is 2. The molecule has 53 heavy (non-hydrogen) atoms. The summed E-state index contributed by atoms with van der Waals surface area (Å²) in [4.78, 5) is 0. The number of aromatic nitrogens is 2. The van der Waals surface area contributed by atoms with Gasteiger partial charge in [0.25, 0.3) is 0 Å². The molecule has 0 saturated heterocycles. The number of rotatable bonds is 0. The smallest absolute Gasteiger partial charge is 0.214 e. The van der Waals surface area contributed by atoms with Crippen LogP contribution in [0.4, 0.5) is 11.4 Å². The summed E-state index contributed by atoms with van der Waals surface area (Å²) < 4.78 is 4.68. The molecule has 2 N–H and O–H groups in total. The fraction of sp³-hybridized carbons (Fsp3) is 0.102. The van der Waals surface area contributed by atoms with E-state index in [0.717, 1.165) is 44.0 Å². The standard InChI is InChI=1S/C49H40N4/c1-3-7-48-44(5-1)46-27-29-52(48)34-42-23-11-36(12-24-42)9-10-37-13-25-43(26-14-37)35-53-30-28-47(45-6-2-4-8-49(45)53)51-33-41-21-17-39(18-22-41)31-38-15-19-40(20-16-38)32-50-46/h1-30H,31-35H2/p+2/b10-9-,50-46?,51-47?. The van der Waals surface area contributed by atoms with Crippen molar-refractivity contribution in [2.24, 2.45) is 0 Å². The zero-order chi connectivity index (χ0) is 35.4. The molecule has 0 aliphatic carbocycles. The largest absolute Gasteiger partial charge is 0.380 e. The molecule has 8 aromatic rings. The summed E-state index contributed by atoms with van der Waals surface area (Å²) in [5.74, 6) is 0. The zero-order valence-corrected chi connectivity index (χ0v) is 29.8. The van der Waals surface area contributed by atoms with Crippen LogP contribution in [0, 0.1) is 0 Å². The molecular formula is C49H42N4+2. The van der Waals surface area contributed by atoms with E-state index in [9.17, 15) is 0 Å². The van der Waals surface area contributed by atoms with E-state index in [-0.39, 0.29) is 0 Å². The zero-order valence-electron chi connectivity index (χ0n) is 29.8. The highest BCUT2D eigenvalue weighted by molar-refractivity contribution is 5.89. The van der Waals surface area contributed by atoms with Gasteiger partial charge in [0, 0.05) is 48.5 Å². The van der Waals surface area contributed by atoms with Crippen LogP contribution in [-0.4, -0.2) is 0 Å². The van der Waals surface area contributed by atoms with Crippen molar-refractivity contribution in [1.29, 1.82) is 0 Å². The van der Waals surface area contributed by atoms with Crippen molar-refractivity contribution in [1.82, 2.24) is 0 Å². The molecule has 256 valence electrons. The van der Waals surface area contributed by atoms with Gasteiger partial charge in [-0.25, -0.2) is 0 Å². The summed E-state index contributed by atoms with van der Waals surface area (Å²) in [6.45, 7) is 3.16. The lowest BCUT2D eigenvalue weighted by Gasteiger charge is -2.11. The maximum absolute atomic E-state index is 3.72. The minimum atomic E-state index is 0.770. The van der Waals surface area contributed by atoms with Crippen molar-refractivity contribution in [2.75, 3.05) is 10.6 Å². The van der Waals surface area contributed by atoms with Crippen molar-refractivity contribution >= 4 is 45.3 Å². The van der Waals surface area contributed by atoms with Gasteiger partial charge in [0.1, 0.15) is 0 Å². The lowest BCUT2D eigenvalue weighted by Crippen LogP contribution is -2.34. The van der Waals surface area contributed by atoms with Gasteiger partial charge in [0.2, 0.25) is 11.0 Å². The molecule has 0 unspecified atom stereocenters. The fourth-order valence-electron chi connectivity index (χ4n) is 7.39.